The number of aromatic nitrogens is 2. The molecule has 2 aromatic carbocycles. The molecule has 24 heavy (non-hydrogen) atoms. The van der Waals surface area contributed by atoms with Gasteiger partial charge in [0.2, 0.25) is 0 Å². The van der Waals surface area contributed by atoms with Crippen LogP contribution in [0.5, 0.6) is 0 Å². The predicted octanol–water partition coefficient (Wildman–Crippen LogP) is 2.08. The smallest absolute Gasteiger partial charge is 0.345 e. The number of aliphatic hydroxyl groups is 2. The van der Waals surface area contributed by atoms with E-state index in [1.807, 2.05) is 0 Å². The van der Waals surface area contributed by atoms with Crippen LogP contribution in [0.4, 0.5) is 18.9 Å². The van der Waals surface area contributed by atoms with Crippen LogP contribution in [0.15, 0.2) is 47.3 Å². The summed E-state index contributed by atoms with van der Waals surface area (Å²) in [5.41, 5.74) is -0.780. The van der Waals surface area contributed by atoms with Crippen molar-refractivity contribution in [2.75, 3.05) is 5.32 Å². The molecule has 3 aromatic rings. The van der Waals surface area contributed by atoms with E-state index in [-0.39, 0.29) is 11.3 Å². The molecule has 0 unspecified atom stereocenters. The van der Waals surface area contributed by atoms with Crippen LogP contribution in [0.25, 0.3) is 11.0 Å². The van der Waals surface area contributed by atoms with Crippen molar-refractivity contribution in [3.05, 3.63) is 64.1 Å². The van der Waals surface area contributed by atoms with Crippen LogP contribution < -0.4 is 11.0 Å². The summed E-state index contributed by atoms with van der Waals surface area (Å²) in [6.07, 6.45) is -4.55. The molecule has 0 aliphatic carbocycles. The van der Waals surface area contributed by atoms with E-state index in [0.717, 1.165) is 18.2 Å². The van der Waals surface area contributed by atoms with Gasteiger partial charge in [-0.15, -0.1) is 0 Å². The molecule has 3 rings (SSSR count). The van der Waals surface area contributed by atoms with Gasteiger partial charge in [0, 0.05) is 11.3 Å². The average molecular weight is 339 g/mol. The highest BCUT2D eigenvalue weighted by Crippen LogP contribution is 2.32. The van der Waals surface area contributed by atoms with Crippen molar-refractivity contribution in [2.45, 2.75) is 12.1 Å². The first-order valence-electron chi connectivity index (χ1n) is 6.78. The summed E-state index contributed by atoms with van der Waals surface area (Å²) < 4.78 is 38.1. The second-order valence-corrected chi connectivity index (χ2v) is 5.22. The SMILES string of the molecule is O=c1[nH]c2ccc(C(O)(O)Nc3cccc(C(F)(F)F)c3)cc2[nH]1. The number of H-pyrrole nitrogens is 2. The van der Waals surface area contributed by atoms with Crippen LogP contribution in [-0.2, 0) is 12.1 Å². The summed E-state index contributed by atoms with van der Waals surface area (Å²) in [7, 11) is 0. The zero-order valence-corrected chi connectivity index (χ0v) is 12.0. The van der Waals surface area contributed by atoms with Crippen molar-refractivity contribution in [3.8, 4) is 0 Å². The molecule has 0 radical (unpaired) electrons. The lowest BCUT2D eigenvalue weighted by Gasteiger charge is -2.25. The van der Waals surface area contributed by atoms with Gasteiger partial charge in [-0.2, -0.15) is 13.2 Å². The zero-order chi connectivity index (χ0) is 17.5. The molecule has 0 aliphatic heterocycles. The average Bonchev–Trinajstić information content (AvgIpc) is 2.85. The molecule has 126 valence electrons. The second-order valence-electron chi connectivity index (χ2n) is 5.22. The van der Waals surface area contributed by atoms with Crippen LogP contribution in [0.2, 0.25) is 0 Å². The van der Waals surface area contributed by atoms with Gasteiger partial charge in [0.15, 0.2) is 0 Å². The Morgan fingerprint density at radius 2 is 1.62 bits per heavy atom. The topological polar surface area (TPSA) is 101 Å². The summed E-state index contributed by atoms with van der Waals surface area (Å²) in [5.74, 6) is -2.63. The minimum atomic E-state index is -4.55. The van der Waals surface area contributed by atoms with E-state index < -0.39 is 23.3 Å². The standard InChI is InChI=1S/C15H12F3N3O3/c16-14(17,18)8-2-1-3-10(6-8)21-15(23,24)9-4-5-11-12(7-9)20-13(22)19-11/h1-7,21,23-24H,(H2,19,20,22). The summed E-state index contributed by atoms with van der Waals surface area (Å²) in [6, 6.07) is 8.12. The van der Waals surface area contributed by atoms with Gasteiger partial charge in [0.1, 0.15) is 0 Å². The molecule has 0 bridgehead atoms. The fourth-order valence-electron chi connectivity index (χ4n) is 2.30. The lowest BCUT2D eigenvalue weighted by molar-refractivity contribution is -0.144. The summed E-state index contributed by atoms with van der Waals surface area (Å²) in [5, 5.41) is 22.5. The van der Waals surface area contributed by atoms with E-state index in [2.05, 4.69) is 15.3 Å². The Bertz CT molecular complexity index is 944. The van der Waals surface area contributed by atoms with Gasteiger partial charge in [-0.05, 0) is 36.4 Å². The third-order valence-electron chi connectivity index (χ3n) is 3.43. The number of aromatic amines is 2. The minimum absolute atomic E-state index is 0.0531. The summed E-state index contributed by atoms with van der Waals surface area (Å²) in [4.78, 5) is 16.2. The van der Waals surface area contributed by atoms with Gasteiger partial charge in [-0.1, -0.05) is 6.07 Å². The molecule has 0 spiro atoms. The Morgan fingerprint density at radius 1 is 0.917 bits per heavy atom. The van der Waals surface area contributed by atoms with E-state index in [9.17, 15) is 28.2 Å². The van der Waals surface area contributed by atoms with Crippen molar-refractivity contribution in [2.24, 2.45) is 0 Å². The Hall–Kier alpha value is -2.78. The van der Waals surface area contributed by atoms with Crippen LogP contribution in [0.1, 0.15) is 11.1 Å². The predicted molar refractivity (Wildman–Crippen MR) is 80.1 cm³/mol. The van der Waals surface area contributed by atoms with Gasteiger partial charge in [-0.3, -0.25) is 0 Å². The first-order chi connectivity index (χ1) is 11.1. The largest absolute Gasteiger partial charge is 0.416 e. The molecule has 9 heteroatoms. The molecule has 0 saturated carbocycles. The number of fused-ring (bicyclic) bond motifs is 1. The quantitative estimate of drug-likeness (QED) is 0.472. The number of hydrogen-bond donors (Lipinski definition) is 5. The fourth-order valence-corrected chi connectivity index (χ4v) is 2.30. The van der Waals surface area contributed by atoms with E-state index in [0.29, 0.717) is 11.0 Å². The number of benzene rings is 2. The number of alkyl halides is 3. The van der Waals surface area contributed by atoms with Crippen molar-refractivity contribution < 1.29 is 23.4 Å². The molecule has 1 aromatic heterocycles. The number of imidazole rings is 1. The number of hydrogen-bond acceptors (Lipinski definition) is 4. The van der Waals surface area contributed by atoms with Crippen molar-refractivity contribution in [1.29, 1.82) is 0 Å². The Balaban J connectivity index is 1.93. The highest BCUT2D eigenvalue weighted by atomic mass is 19.4. The summed E-state index contributed by atoms with van der Waals surface area (Å²) in [6.45, 7) is 0. The fraction of sp³-hybridized carbons (Fsp3) is 0.133. The molecule has 0 saturated heterocycles. The molecular weight excluding hydrogens is 327 g/mol. The maximum Gasteiger partial charge on any atom is 0.416 e. The highest BCUT2D eigenvalue weighted by molar-refractivity contribution is 5.75. The van der Waals surface area contributed by atoms with E-state index in [4.69, 9.17) is 0 Å². The molecule has 0 amide bonds. The lowest BCUT2D eigenvalue weighted by atomic mass is 10.1. The van der Waals surface area contributed by atoms with Crippen LogP contribution in [0, 0.1) is 0 Å². The molecule has 5 N–H and O–H groups in total. The molecule has 6 nitrogen and oxygen atoms in total. The highest BCUT2D eigenvalue weighted by Gasteiger charge is 2.32. The zero-order valence-electron chi connectivity index (χ0n) is 12.0. The number of halogens is 3. The first kappa shape index (κ1) is 16.1. The third-order valence-corrected chi connectivity index (χ3v) is 3.43. The number of anilines is 1. The van der Waals surface area contributed by atoms with Gasteiger partial charge in [0.25, 0.3) is 5.91 Å². The Labute approximate surface area is 132 Å². The van der Waals surface area contributed by atoms with Gasteiger partial charge >= 0.3 is 11.9 Å². The van der Waals surface area contributed by atoms with E-state index in [1.54, 1.807) is 0 Å². The minimum Gasteiger partial charge on any atom is -0.345 e. The first-order valence-corrected chi connectivity index (χ1v) is 6.78. The Kier molecular flexibility index (Phi) is 3.61. The van der Waals surface area contributed by atoms with Crippen molar-refractivity contribution >= 4 is 16.7 Å². The van der Waals surface area contributed by atoms with Crippen molar-refractivity contribution in [3.63, 3.8) is 0 Å². The molecule has 0 fully saturated rings. The van der Waals surface area contributed by atoms with Gasteiger partial charge in [-0.25, -0.2) is 4.79 Å². The lowest BCUT2D eigenvalue weighted by Crippen LogP contribution is -2.34. The van der Waals surface area contributed by atoms with E-state index in [1.165, 1.54) is 24.3 Å². The maximum absolute atomic E-state index is 12.7. The number of nitrogens with one attached hydrogen (secondary N) is 3. The Morgan fingerprint density at radius 3 is 2.33 bits per heavy atom. The monoisotopic (exact) mass is 339 g/mol. The summed E-state index contributed by atoms with van der Waals surface area (Å²) >= 11 is 0. The third kappa shape index (κ3) is 3.12. The molecule has 1 heterocycles. The van der Waals surface area contributed by atoms with Crippen LogP contribution in [0.3, 0.4) is 0 Å². The van der Waals surface area contributed by atoms with Gasteiger partial charge in [0.05, 0.1) is 16.6 Å². The second kappa shape index (κ2) is 5.39. The molecular formula is C15H12F3N3O3. The number of rotatable bonds is 3. The van der Waals surface area contributed by atoms with Gasteiger partial charge < -0.3 is 25.5 Å². The normalized spacial score (nSPS) is 12.5. The van der Waals surface area contributed by atoms with Crippen LogP contribution in [-0.4, -0.2) is 20.2 Å². The maximum atomic E-state index is 12.7. The molecule has 0 atom stereocenters. The van der Waals surface area contributed by atoms with Crippen molar-refractivity contribution in [1.82, 2.24) is 9.97 Å². The molecule has 0 aliphatic rings. The van der Waals surface area contributed by atoms with Crippen LogP contribution >= 0.6 is 0 Å². The van der Waals surface area contributed by atoms with E-state index >= 15 is 0 Å².